The summed E-state index contributed by atoms with van der Waals surface area (Å²) < 4.78 is 31.9. The number of ether oxygens (including phenoxy) is 1. The maximum atomic E-state index is 13.0. The molecule has 0 unspecified atom stereocenters. The zero-order valence-electron chi connectivity index (χ0n) is 19.2. The molecule has 8 heteroatoms. The van der Waals surface area contributed by atoms with Crippen LogP contribution in [-0.2, 0) is 21.4 Å². The normalized spacial score (nSPS) is 14.0. The smallest absolute Gasteiger partial charge is 0.243 e. The van der Waals surface area contributed by atoms with Crippen LogP contribution in [0.4, 0.5) is 11.4 Å². The molecular formula is C26H29N3O4S. The van der Waals surface area contributed by atoms with Crippen molar-refractivity contribution in [2.75, 3.05) is 48.2 Å². The van der Waals surface area contributed by atoms with E-state index >= 15 is 0 Å². The Morgan fingerprint density at radius 2 is 1.44 bits per heavy atom. The summed E-state index contributed by atoms with van der Waals surface area (Å²) in [5.41, 5.74) is 2.61. The summed E-state index contributed by atoms with van der Waals surface area (Å²) in [5.74, 6) is 0.423. The number of nitrogens with zero attached hydrogens (tertiary/aromatic N) is 3. The summed E-state index contributed by atoms with van der Waals surface area (Å²) in [4.78, 5) is 16.9. The van der Waals surface area contributed by atoms with Gasteiger partial charge in [0.15, 0.2) is 0 Å². The standard InChI is InChI=1S/C26H29N3O4S/c1-34(31,32)29(24-12-14-25(15-13-24)33-21-22-8-4-2-5-9-22)20-26(30)28-18-16-27(17-19-28)23-10-6-3-7-11-23/h2-15H,16-21H2,1H3. The molecule has 178 valence electrons. The summed E-state index contributed by atoms with van der Waals surface area (Å²) in [6.07, 6.45) is 1.12. The molecule has 0 bridgehead atoms. The molecule has 0 radical (unpaired) electrons. The molecule has 1 saturated heterocycles. The van der Waals surface area contributed by atoms with Crippen molar-refractivity contribution in [1.29, 1.82) is 0 Å². The highest BCUT2D eigenvalue weighted by Gasteiger charge is 2.26. The predicted octanol–water partition coefficient (Wildman–Crippen LogP) is 3.38. The lowest BCUT2D eigenvalue weighted by molar-refractivity contribution is -0.129. The number of hydrogen-bond donors (Lipinski definition) is 0. The highest BCUT2D eigenvalue weighted by Crippen LogP contribution is 2.23. The fourth-order valence-electron chi connectivity index (χ4n) is 3.93. The number of sulfonamides is 1. The Kier molecular flexibility index (Phi) is 7.37. The van der Waals surface area contributed by atoms with E-state index in [9.17, 15) is 13.2 Å². The molecule has 0 aliphatic carbocycles. The Hall–Kier alpha value is -3.52. The van der Waals surface area contributed by atoms with Crippen LogP contribution in [0.15, 0.2) is 84.9 Å². The lowest BCUT2D eigenvalue weighted by atomic mass is 10.2. The number of para-hydroxylation sites is 1. The van der Waals surface area contributed by atoms with Crippen molar-refractivity contribution < 1.29 is 17.9 Å². The lowest BCUT2D eigenvalue weighted by Gasteiger charge is -2.37. The van der Waals surface area contributed by atoms with Gasteiger partial charge >= 0.3 is 0 Å². The van der Waals surface area contributed by atoms with E-state index in [0.717, 1.165) is 21.8 Å². The molecule has 4 rings (SSSR count). The van der Waals surface area contributed by atoms with Gasteiger partial charge in [-0.3, -0.25) is 9.10 Å². The first-order chi connectivity index (χ1) is 16.4. The van der Waals surface area contributed by atoms with Crippen molar-refractivity contribution in [3.63, 3.8) is 0 Å². The van der Waals surface area contributed by atoms with Crippen molar-refractivity contribution in [3.05, 3.63) is 90.5 Å². The molecule has 1 aliphatic heterocycles. The zero-order chi connectivity index (χ0) is 24.0. The second kappa shape index (κ2) is 10.6. The molecular weight excluding hydrogens is 450 g/mol. The summed E-state index contributed by atoms with van der Waals surface area (Å²) in [7, 11) is -3.64. The predicted molar refractivity (Wildman–Crippen MR) is 135 cm³/mol. The number of carbonyl (C=O) groups is 1. The molecule has 0 saturated carbocycles. The molecule has 3 aromatic carbocycles. The van der Waals surface area contributed by atoms with Crippen LogP contribution in [-0.4, -0.2) is 58.2 Å². The van der Waals surface area contributed by atoms with Crippen LogP contribution in [0.5, 0.6) is 5.75 Å². The minimum atomic E-state index is -3.64. The minimum Gasteiger partial charge on any atom is -0.489 e. The SMILES string of the molecule is CS(=O)(=O)N(CC(=O)N1CCN(c2ccccc2)CC1)c1ccc(OCc2ccccc2)cc1. The minimum absolute atomic E-state index is 0.206. The number of amides is 1. The highest BCUT2D eigenvalue weighted by molar-refractivity contribution is 7.92. The number of hydrogen-bond acceptors (Lipinski definition) is 5. The molecule has 1 heterocycles. The molecule has 0 atom stereocenters. The van der Waals surface area contributed by atoms with Crippen LogP contribution >= 0.6 is 0 Å². The maximum Gasteiger partial charge on any atom is 0.243 e. The first kappa shape index (κ1) is 23.6. The molecule has 1 aliphatic rings. The van der Waals surface area contributed by atoms with Gasteiger partial charge in [0.25, 0.3) is 0 Å². The van der Waals surface area contributed by atoms with Gasteiger partial charge in [-0.05, 0) is 42.0 Å². The Labute approximate surface area is 201 Å². The fourth-order valence-corrected chi connectivity index (χ4v) is 4.77. The average Bonchev–Trinajstić information content (AvgIpc) is 2.87. The molecule has 0 spiro atoms. The maximum absolute atomic E-state index is 13.0. The Morgan fingerprint density at radius 1 is 0.853 bits per heavy atom. The van der Waals surface area contributed by atoms with Crippen molar-refractivity contribution in [1.82, 2.24) is 4.90 Å². The van der Waals surface area contributed by atoms with Gasteiger partial charge in [0, 0.05) is 31.9 Å². The Morgan fingerprint density at radius 3 is 2.03 bits per heavy atom. The van der Waals surface area contributed by atoms with Crippen molar-refractivity contribution >= 4 is 27.3 Å². The summed E-state index contributed by atoms with van der Waals surface area (Å²) >= 11 is 0. The molecule has 0 aromatic heterocycles. The molecule has 7 nitrogen and oxygen atoms in total. The Balaban J connectivity index is 1.37. The van der Waals surface area contributed by atoms with Gasteiger partial charge in [0.2, 0.25) is 15.9 Å². The fraction of sp³-hybridized carbons (Fsp3) is 0.269. The number of benzene rings is 3. The Bertz CT molecular complexity index is 1180. The van der Waals surface area contributed by atoms with Crippen LogP contribution in [0.3, 0.4) is 0 Å². The number of piperazine rings is 1. The quantitative estimate of drug-likeness (QED) is 0.495. The summed E-state index contributed by atoms with van der Waals surface area (Å²) in [6, 6.07) is 26.7. The van der Waals surface area contributed by atoms with Crippen molar-refractivity contribution in [3.8, 4) is 5.75 Å². The number of carbonyl (C=O) groups excluding carboxylic acids is 1. The molecule has 1 amide bonds. The molecule has 3 aromatic rings. The van der Waals surface area contributed by atoms with Crippen LogP contribution < -0.4 is 13.9 Å². The second-order valence-electron chi connectivity index (χ2n) is 8.24. The molecule has 1 fully saturated rings. The van der Waals surface area contributed by atoms with E-state index < -0.39 is 10.0 Å². The van der Waals surface area contributed by atoms with Gasteiger partial charge in [-0.2, -0.15) is 0 Å². The first-order valence-corrected chi connectivity index (χ1v) is 13.1. The average molecular weight is 480 g/mol. The van der Waals surface area contributed by atoms with E-state index in [1.54, 1.807) is 29.2 Å². The summed E-state index contributed by atoms with van der Waals surface area (Å²) in [6.45, 7) is 2.72. The van der Waals surface area contributed by atoms with Crippen LogP contribution in [0.1, 0.15) is 5.56 Å². The monoisotopic (exact) mass is 479 g/mol. The third kappa shape index (κ3) is 6.08. The topological polar surface area (TPSA) is 70.2 Å². The third-order valence-electron chi connectivity index (χ3n) is 5.81. The van der Waals surface area contributed by atoms with Crippen LogP contribution in [0.25, 0.3) is 0 Å². The van der Waals surface area contributed by atoms with E-state index in [1.165, 1.54) is 0 Å². The van der Waals surface area contributed by atoms with Crippen LogP contribution in [0, 0.1) is 0 Å². The third-order valence-corrected chi connectivity index (χ3v) is 6.95. The van der Waals surface area contributed by atoms with E-state index in [2.05, 4.69) is 17.0 Å². The second-order valence-corrected chi connectivity index (χ2v) is 10.1. The van der Waals surface area contributed by atoms with Gasteiger partial charge in [-0.1, -0.05) is 48.5 Å². The number of rotatable bonds is 8. The van der Waals surface area contributed by atoms with Crippen molar-refractivity contribution in [2.45, 2.75) is 6.61 Å². The summed E-state index contributed by atoms with van der Waals surface area (Å²) in [5, 5.41) is 0. The van der Waals surface area contributed by atoms with Gasteiger partial charge in [-0.15, -0.1) is 0 Å². The largest absolute Gasteiger partial charge is 0.489 e. The van der Waals surface area contributed by atoms with Gasteiger partial charge in [-0.25, -0.2) is 8.42 Å². The van der Waals surface area contributed by atoms with Gasteiger partial charge in [0.1, 0.15) is 18.9 Å². The van der Waals surface area contributed by atoms with E-state index in [0.29, 0.717) is 44.2 Å². The van der Waals surface area contributed by atoms with E-state index in [1.807, 2.05) is 48.5 Å². The van der Waals surface area contributed by atoms with Gasteiger partial charge < -0.3 is 14.5 Å². The number of anilines is 2. The zero-order valence-corrected chi connectivity index (χ0v) is 20.0. The van der Waals surface area contributed by atoms with Crippen molar-refractivity contribution in [2.24, 2.45) is 0 Å². The van der Waals surface area contributed by atoms with Crippen LogP contribution in [0.2, 0.25) is 0 Å². The van der Waals surface area contributed by atoms with E-state index in [4.69, 9.17) is 4.74 Å². The highest BCUT2D eigenvalue weighted by atomic mass is 32.2. The molecule has 0 N–H and O–H groups in total. The van der Waals surface area contributed by atoms with E-state index in [-0.39, 0.29) is 12.5 Å². The molecule has 34 heavy (non-hydrogen) atoms. The first-order valence-electron chi connectivity index (χ1n) is 11.2. The lowest BCUT2D eigenvalue weighted by Crippen LogP contribution is -2.51. The van der Waals surface area contributed by atoms with Gasteiger partial charge in [0.05, 0.1) is 11.9 Å².